The van der Waals surface area contributed by atoms with Gasteiger partial charge in [-0.15, -0.1) is 0 Å². The molecule has 3 N–H and O–H groups in total. The van der Waals surface area contributed by atoms with E-state index in [1.54, 1.807) is 31.2 Å². The van der Waals surface area contributed by atoms with Gasteiger partial charge < -0.3 is 29.7 Å². The molecule has 4 amide bonds. The summed E-state index contributed by atoms with van der Waals surface area (Å²) in [5, 5.41) is 5.20. The van der Waals surface area contributed by atoms with Crippen molar-refractivity contribution in [3.8, 4) is 11.6 Å². The number of alkyl carbamates (subject to hydrolysis) is 1. The quantitative estimate of drug-likeness (QED) is 0.297. The summed E-state index contributed by atoms with van der Waals surface area (Å²) in [6.45, 7) is 6.44. The maximum Gasteiger partial charge on any atom is 0.427 e. The molecule has 2 aromatic rings. The van der Waals surface area contributed by atoms with Gasteiger partial charge in [0.2, 0.25) is 33.3 Å². The largest absolute Gasteiger partial charge is 0.497 e. The standard InChI is InChI=1S/C39H51F3N6O9S/c1-7-23-16-22(2)10-8-9-11-24-19-38(24,34(51)47-58(53,54)37(5)14-15-37)46-32(49)29-18-26(56-30-20-43-27-13-12-25(55-6)17-28(27)44-30)21-48(29)33(50)31(23)45-35(52)57-36(3,4)39(40,41)42/h9,11-13,17,20,22-24,26,29,31H,7-8,10,14-16,18-19,21H2,1-6H3,(H,45,52)(H,46,49)(H,47,51)/b11-9-/t22-,23-,24-,26-,29+,31+,38-/m1/s1. The zero-order valence-corrected chi connectivity index (χ0v) is 34.2. The summed E-state index contributed by atoms with van der Waals surface area (Å²) in [5.41, 5.74) is -3.55. The van der Waals surface area contributed by atoms with Crippen molar-refractivity contribution in [2.45, 2.75) is 126 Å². The molecule has 2 aliphatic heterocycles. The number of nitrogens with zero attached hydrogens (tertiary/aromatic N) is 3. The van der Waals surface area contributed by atoms with Gasteiger partial charge in [-0.1, -0.05) is 32.4 Å². The Kier molecular flexibility index (Phi) is 11.7. The molecule has 1 aromatic heterocycles. The number of rotatable bonds is 9. The Morgan fingerprint density at radius 3 is 2.50 bits per heavy atom. The molecule has 0 unspecified atom stereocenters. The van der Waals surface area contributed by atoms with Crippen molar-refractivity contribution in [2.24, 2.45) is 17.8 Å². The molecular weight excluding hydrogens is 786 g/mol. The van der Waals surface area contributed by atoms with Crippen LogP contribution in [0.5, 0.6) is 11.6 Å². The number of alkyl halides is 3. The van der Waals surface area contributed by atoms with Crippen molar-refractivity contribution in [3.63, 3.8) is 0 Å². The summed E-state index contributed by atoms with van der Waals surface area (Å²) >= 11 is 0. The van der Waals surface area contributed by atoms with E-state index >= 15 is 0 Å². The van der Waals surface area contributed by atoms with Crippen molar-refractivity contribution in [2.75, 3.05) is 13.7 Å². The molecular formula is C39H51F3N6O9S. The van der Waals surface area contributed by atoms with Crippen molar-refractivity contribution >= 4 is 44.9 Å². The highest BCUT2D eigenvalue weighted by Gasteiger charge is 2.63. The number of fused-ring (bicyclic) bond motifs is 3. The Morgan fingerprint density at radius 2 is 1.84 bits per heavy atom. The van der Waals surface area contributed by atoms with Gasteiger partial charge in [0.05, 0.1) is 35.6 Å². The third kappa shape index (κ3) is 8.83. The highest BCUT2D eigenvalue weighted by atomic mass is 32.2. The molecule has 3 fully saturated rings. The molecule has 0 spiro atoms. The third-order valence-corrected chi connectivity index (χ3v) is 14.1. The number of carbonyl (C=O) groups is 4. The van der Waals surface area contributed by atoms with Crippen LogP contribution in [0.1, 0.15) is 86.0 Å². The molecule has 0 radical (unpaired) electrons. The molecule has 1 aromatic carbocycles. The maximum absolute atomic E-state index is 14.8. The van der Waals surface area contributed by atoms with E-state index in [-0.39, 0.29) is 31.2 Å². The van der Waals surface area contributed by atoms with Gasteiger partial charge in [-0.3, -0.25) is 19.1 Å². The van der Waals surface area contributed by atoms with E-state index in [9.17, 15) is 40.8 Å². The van der Waals surface area contributed by atoms with Gasteiger partial charge in [-0.2, -0.15) is 13.2 Å². The smallest absolute Gasteiger partial charge is 0.427 e. The molecule has 2 aliphatic carbocycles. The first-order valence-corrected chi connectivity index (χ1v) is 21.0. The van der Waals surface area contributed by atoms with E-state index in [4.69, 9.17) is 14.2 Å². The second-order valence-corrected chi connectivity index (χ2v) is 18.9. The minimum absolute atomic E-state index is 0.0357. The van der Waals surface area contributed by atoms with E-state index in [0.717, 1.165) is 0 Å². The van der Waals surface area contributed by atoms with E-state index < -0.39 is 85.9 Å². The molecule has 6 rings (SSSR count). The van der Waals surface area contributed by atoms with Gasteiger partial charge in [-0.25, -0.2) is 23.2 Å². The molecule has 7 atom stereocenters. The summed E-state index contributed by atoms with van der Waals surface area (Å²) in [6, 6.07) is 2.32. The first-order valence-electron chi connectivity index (χ1n) is 19.5. The summed E-state index contributed by atoms with van der Waals surface area (Å²) in [6.07, 6.45) is 0.360. The van der Waals surface area contributed by atoms with Crippen LogP contribution in [-0.4, -0.2) is 101 Å². The predicted octanol–water partition coefficient (Wildman–Crippen LogP) is 4.70. The molecule has 4 aliphatic rings. The van der Waals surface area contributed by atoms with E-state index in [1.165, 1.54) is 25.1 Å². The molecule has 19 heteroatoms. The number of ether oxygens (including phenoxy) is 3. The average Bonchev–Trinajstić information content (AvgIpc) is 4.03. The zero-order chi connectivity index (χ0) is 42.4. The van der Waals surface area contributed by atoms with Crippen LogP contribution in [0.15, 0.2) is 36.5 Å². The number of sulfonamides is 1. The number of amides is 4. The van der Waals surface area contributed by atoms with Gasteiger partial charge in [-0.05, 0) is 83.3 Å². The lowest BCUT2D eigenvalue weighted by Crippen LogP contribution is -2.60. The van der Waals surface area contributed by atoms with Crippen molar-refractivity contribution < 1.29 is 55.0 Å². The molecule has 2 saturated carbocycles. The maximum atomic E-state index is 14.8. The number of benzene rings is 1. The van der Waals surface area contributed by atoms with Crippen LogP contribution < -0.4 is 24.8 Å². The van der Waals surface area contributed by atoms with Crippen LogP contribution in [0.2, 0.25) is 0 Å². The number of carbonyl (C=O) groups excluding carboxylic acids is 4. The monoisotopic (exact) mass is 836 g/mol. The predicted molar refractivity (Wildman–Crippen MR) is 204 cm³/mol. The molecule has 15 nitrogen and oxygen atoms in total. The topological polar surface area (TPSA) is 195 Å². The fourth-order valence-corrected chi connectivity index (χ4v) is 8.90. The Bertz CT molecular complexity index is 2080. The normalized spacial score (nSPS) is 29.4. The number of aromatic nitrogens is 2. The second kappa shape index (κ2) is 15.8. The summed E-state index contributed by atoms with van der Waals surface area (Å²) in [4.78, 5) is 66.5. The minimum atomic E-state index is -4.92. The number of nitrogens with one attached hydrogen (secondary N) is 3. The van der Waals surface area contributed by atoms with Gasteiger partial charge in [0.25, 0.3) is 5.91 Å². The molecule has 318 valence electrons. The Morgan fingerprint density at radius 1 is 1.12 bits per heavy atom. The number of hydrogen-bond acceptors (Lipinski definition) is 11. The van der Waals surface area contributed by atoms with Crippen LogP contribution in [-0.2, 0) is 29.1 Å². The SMILES string of the molecule is CC[C@@H]1C[C@H](C)CC/C=C\[C@@H]2C[C@@]2(C(=O)NS(=O)(=O)C2(C)CC2)NC(=O)[C@@H]2C[C@@H](Oc3cnc4ccc(OC)cc4n3)CN2C(=O)[C@H]1NC(=O)OC(C)(C)C(F)(F)F. The molecule has 1 saturated heterocycles. The van der Waals surface area contributed by atoms with E-state index in [0.29, 0.717) is 69.2 Å². The highest BCUT2D eigenvalue weighted by Crippen LogP contribution is 2.47. The van der Waals surface area contributed by atoms with E-state index in [1.807, 2.05) is 13.0 Å². The lowest BCUT2D eigenvalue weighted by atomic mass is 9.85. The van der Waals surface area contributed by atoms with Gasteiger partial charge in [0.15, 0.2) is 0 Å². The van der Waals surface area contributed by atoms with Crippen LogP contribution in [0.25, 0.3) is 11.0 Å². The Hall–Kier alpha value is -4.68. The average molecular weight is 837 g/mol. The summed E-state index contributed by atoms with van der Waals surface area (Å²) < 4.78 is 85.1. The lowest BCUT2D eigenvalue weighted by molar-refractivity contribution is -0.244. The summed E-state index contributed by atoms with van der Waals surface area (Å²) in [7, 11) is -2.58. The molecule has 58 heavy (non-hydrogen) atoms. The number of allylic oxidation sites excluding steroid dienone is 1. The van der Waals surface area contributed by atoms with Gasteiger partial charge >= 0.3 is 12.3 Å². The lowest BCUT2D eigenvalue weighted by Gasteiger charge is -2.35. The second-order valence-electron chi connectivity index (χ2n) is 16.7. The number of methoxy groups -OCH3 is 1. The van der Waals surface area contributed by atoms with Crippen molar-refractivity contribution in [3.05, 3.63) is 36.5 Å². The van der Waals surface area contributed by atoms with Gasteiger partial charge in [0, 0.05) is 18.4 Å². The molecule has 0 bridgehead atoms. The minimum Gasteiger partial charge on any atom is -0.497 e. The number of halogens is 3. The van der Waals surface area contributed by atoms with Crippen molar-refractivity contribution in [1.29, 1.82) is 0 Å². The van der Waals surface area contributed by atoms with Crippen LogP contribution >= 0.6 is 0 Å². The fraction of sp³-hybridized carbons (Fsp3) is 0.641. The summed E-state index contributed by atoms with van der Waals surface area (Å²) in [5.74, 6) is -3.05. The highest BCUT2D eigenvalue weighted by molar-refractivity contribution is 7.91. The van der Waals surface area contributed by atoms with Crippen LogP contribution in [0.3, 0.4) is 0 Å². The Labute approximate surface area is 335 Å². The van der Waals surface area contributed by atoms with Crippen LogP contribution in [0.4, 0.5) is 18.0 Å². The molecule has 3 heterocycles. The number of hydrogen-bond donors (Lipinski definition) is 3. The third-order valence-electron chi connectivity index (χ3n) is 11.9. The zero-order valence-electron chi connectivity index (χ0n) is 33.4. The van der Waals surface area contributed by atoms with Gasteiger partial charge in [0.1, 0.15) is 29.5 Å². The van der Waals surface area contributed by atoms with Crippen molar-refractivity contribution in [1.82, 2.24) is 30.2 Å². The first-order chi connectivity index (χ1) is 27.1. The fourth-order valence-electron chi connectivity index (χ4n) is 7.59. The van der Waals surface area contributed by atoms with E-state index in [2.05, 4.69) is 25.3 Å². The first kappa shape index (κ1) is 42.9. The Balaban J connectivity index is 1.35. The van der Waals surface area contributed by atoms with Crippen LogP contribution in [0, 0.1) is 17.8 Å².